The van der Waals surface area contributed by atoms with Crippen molar-refractivity contribution in [3.8, 4) is 0 Å². The van der Waals surface area contributed by atoms with Crippen molar-refractivity contribution < 1.29 is 0 Å². The fourth-order valence-electron chi connectivity index (χ4n) is 1.83. The number of rotatable bonds is 1. The summed E-state index contributed by atoms with van der Waals surface area (Å²) >= 11 is 0. The van der Waals surface area contributed by atoms with Crippen molar-refractivity contribution in [1.82, 2.24) is 0 Å². The third-order valence-corrected chi connectivity index (χ3v) is 2.56. The second kappa shape index (κ2) is 3.43. The van der Waals surface area contributed by atoms with Crippen molar-refractivity contribution in [2.24, 2.45) is 5.73 Å². The van der Waals surface area contributed by atoms with Crippen LogP contribution in [-0.4, -0.2) is 0 Å². The molecule has 2 aromatic carbocycles. The van der Waals surface area contributed by atoms with Gasteiger partial charge in [0.05, 0.1) is 0 Å². The third kappa shape index (κ3) is 1.51. The molecule has 0 aliphatic heterocycles. The van der Waals surface area contributed by atoms with E-state index in [9.17, 15) is 0 Å². The Labute approximate surface area is 84.5 Å². The summed E-state index contributed by atoms with van der Waals surface area (Å²) in [5.74, 6) is 0. The van der Waals surface area contributed by atoms with Crippen LogP contribution in [0.2, 0.25) is 0 Å². The van der Waals surface area contributed by atoms with Gasteiger partial charge in [0.1, 0.15) is 0 Å². The Morgan fingerprint density at radius 1 is 1.14 bits per heavy atom. The van der Waals surface area contributed by atoms with Crippen LogP contribution in [0.5, 0.6) is 0 Å². The van der Waals surface area contributed by atoms with E-state index in [1.54, 1.807) is 0 Å². The van der Waals surface area contributed by atoms with Gasteiger partial charge in [0.15, 0.2) is 0 Å². The molecule has 1 nitrogen and oxygen atoms in total. The monoisotopic (exact) mass is 185 g/mol. The maximum absolute atomic E-state index is 5.92. The van der Waals surface area contributed by atoms with Crippen molar-refractivity contribution in [3.63, 3.8) is 0 Å². The van der Waals surface area contributed by atoms with Gasteiger partial charge in [0, 0.05) is 6.04 Å². The molecular weight excluding hydrogens is 170 g/mol. The molecule has 0 heterocycles. The van der Waals surface area contributed by atoms with Crippen molar-refractivity contribution in [1.29, 1.82) is 0 Å². The highest BCUT2D eigenvalue weighted by Gasteiger charge is 2.04. The molecule has 1 atom stereocenters. The van der Waals surface area contributed by atoms with Crippen LogP contribution in [0.25, 0.3) is 10.8 Å². The molecule has 2 rings (SSSR count). The molecule has 0 bridgehead atoms. The fraction of sp³-hybridized carbons (Fsp3) is 0.231. The molecule has 0 saturated heterocycles. The molecule has 0 aromatic heterocycles. The number of nitrogens with two attached hydrogens (primary N) is 1. The number of hydrogen-bond donors (Lipinski definition) is 1. The first-order valence-electron chi connectivity index (χ1n) is 4.93. The molecule has 2 N–H and O–H groups in total. The van der Waals surface area contributed by atoms with E-state index in [-0.39, 0.29) is 6.04 Å². The van der Waals surface area contributed by atoms with Gasteiger partial charge in [-0.25, -0.2) is 0 Å². The molecule has 0 fully saturated rings. The third-order valence-electron chi connectivity index (χ3n) is 2.56. The molecular formula is C13H15N. The minimum atomic E-state index is 0.0985. The Bertz CT molecular complexity index is 458. The largest absolute Gasteiger partial charge is 0.324 e. The molecule has 0 spiro atoms. The van der Waals surface area contributed by atoms with Crippen LogP contribution in [0, 0.1) is 6.92 Å². The minimum absolute atomic E-state index is 0.0985. The Morgan fingerprint density at radius 3 is 2.64 bits per heavy atom. The molecule has 1 heteroatoms. The first kappa shape index (κ1) is 9.22. The van der Waals surface area contributed by atoms with Gasteiger partial charge >= 0.3 is 0 Å². The second-order valence-electron chi connectivity index (χ2n) is 3.86. The van der Waals surface area contributed by atoms with Crippen molar-refractivity contribution in [3.05, 3.63) is 47.5 Å². The Balaban J connectivity index is 2.75. The molecule has 0 saturated carbocycles. The van der Waals surface area contributed by atoms with Crippen LogP contribution in [0.1, 0.15) is 24.1 Å². The molecule has 1 unspecified atom stereocenters. The zero-order valence-corrected chi connectivity index (χ0v) is 8.62. The van der Waals surface area contributed by atoms with Crippen LogP contribution >= 0.6 is 0 Å². The van der Waals surface area contributed by atoms with E-state index < -0.39 is 0 Å². The molecule has 0 amide bonds. The fourth-order valence-corrected chi connectivity index (χ4v) is 1.83. The Kier molecular flexibility index (Phi) is 2.26. The average molecular weight is 185 g/mol. The summed E-state index contributed by atoms with van der Waals surface area (Å²) in [5, 5.41) is 2.55. The lowest BCUT2D eigenvalue weighted by atomic mass is 9.99. The lowest BCUT2D eigenvalue weighted by molar-refractivity contribution is 0.827. The highest BCUT2D eigenvalue weighted by Crippen LogP contribution is 2.23. The van der Waals surface area contributed by atoms with Gasteiger partial charge < -0.3 is 5.73 Å². The van der Waals surface area contributed by atoms with Crippen molar-refractivity contribution in [2.45, 2.75) is 19.9 Å². The van der Waals surface area contributed by atoms with Gasteiger partial charge in [-0.1, -0.05) is 42.0 Å². The van der Waals surface area contributed by atoms with Crippen LogP contribution in [0.4, 0.5) is 0 Å². The summed E-state index contributed by atoms with van der Waals surface area (Å²) in [6, 6.07) is 12.9. The van der Waals surface area contributed by atoms with E-state index in [4.69, 9.17) is 5.73 Å². The van der Waals surface area contributed by atoms with Gasteiger partial charge in [-0.3, -0.25) is 0 Å². The van der Waals surface area contributed by atoms with E-state index in [0.717, 1.165) is 0 Å². The predicted molar refractivity (Wildman–Crippen MR) is 61.3 cm³/mol. The van der Waals surface area contributed by atoms with E-state index in [0.29, 0.717) is 0 Å². The average Bonchev–Trinajstić information content (AvgIpc) is 2.16. The summed E-state index contributed by atoms with van der Waals surface area (Å²) in [4.78, 5) is 0. The lowest BCUT2D eigenvalue weighted by Gasteiger charge is -2.10. The summed E-state index contributed by atoms with van der Waals surface area (Å²) in [6.07, 6.45) is 0. The molecule has 14 heavy (non-hydrogen) atoms. The summed E-state index contributed by atoms with van der Waals surface area (Å²) in [7, 11) is 0. The first-order chi connectivity index (χ1) is 6.68. The normalized spacial score (nSPS) is 13.1. The Hall–Kier alpha value is -1.34. The maximum Gasteiger partial charge on any atom is 0.0272 e. The van der Waals surface area contributed by atoms with E-state index in [1.165, 1.54) is 21.9 Å². The number of aryl methyl sites for hydroxylation is 1. The minimum Gasteiger partial charge on any atom is -0.324 e. The quantitative estimate of drug-likeness (QED) is 0.725. The SMILES string of the molecule is Cc1ccc2c(C(C)N)cccc2c1. The van der Waals surface area contributed by atoms with Crippen molar-refractivity contribution >= 4 is 10.8 Å². The summed E-state index contributed by atoms with van der Waals surface area (Å²) in [6.45, 7) is 4.13. The van der Waals surface area contributed by atoms with Gasteiger partial charge in [0.2, 0.25) is 0 Å². The smallest absolute Gasteiger partial charge is 0.0272 e. The first-order valence-corrected chi connectivity index (χ1v) is 4.93. The molecule has 2 aromatic rings. The molecule has 72 valence electrons. The van der Waals surface area contributed by atoms with Gasteiger partial charge in [-0.15, -0.1) is 0 Å². The van der Waals surface area contributed by atoms with Gasteiger partial charge in [0.25, 0.3) is 0 Å². The Morgan fingerprint density at radius 2 is 1.93 bits per heavy atom. The molecule has 0 aliphatic carbocycles. The highest BCUT2D eigenvalue weighted by atomic mass is 14.6. The van der Waals surface area contributed by atoms with Gasteiger partial charge in [-0.2, -0.15) is 0 Å². The van der Waals surface area contributed by atoms with Crippen LogP contribution < -0.4 is 5.73 Å². The topological polar surface area (TPSA) is 26.0 Å². The van der Waals surface area contributed by atoms with Crippen LogP contribution in [0.3, 0.4) is 0 Å². The maximum atomic E-state index is 5.92. The van der Waals surface area contributed by atoms with E-state index >= 15 is 0 Å². The number of benzene rings is 2. The number of fused-ring (bicyclic) bond motifs is 1. The zero-order chi connectivity index (χ0) is 10.1. The van der Waals surface area contributed by atoms with Gasteiger partial charge in [-0.05, 0) is 30.2 Å². The highest BCUT2D eigenvalue weighted by molar-refractivity contribution is 5.86. The second-order valence-corrected chi connectivity index (χ2v) is 3.86. The lowest BCUT2D eigenvalue weighted by Crippen LogP contribution is -2.05. The van der Waals surface area contributed by atoms with Crippen LogP contribution in [-0.2, 0) is 0 Å². The van der Waals surface area contributed by atoms with E-state index in [1.807, 2.05) is 6.92 Å². The summed E-state index contributed by atoms with van der Waals surface area (Å²) < 4.78 is 0. The zero-order valence-electron chi connectivity index (χ0n) is 8.62. The van der Waals surface area contributed by atoms with Crippen LogP contribution in [0.15, 0.2) is 36.4 Å². The molecule has 0 aliphatic rings. The van der Waals surface area contributed by atoms with E-state index in [2.05, 4.69) is 43.3 Å². The predicted octanol–water partition coefficient (Wildman–Crippen LogP) is 3.17. The molecule has 0 radical (unpaired) electrons. The summed E-state index contributed by atoms with van der Waals surface area (Å²) in [5.41, 5.74) is 8.43. The standard InChI is InChI=1S/C13H15N/c1-9-6-7-13-11(8-9)4-3-5-12(13)10(2)14/h3-8,10H,14H2,1-2H3. The van der Waals surface area contributed by atoms with Crippen molar-refractivity contribution in [2.75, 3.05) is 0 Å². The number of hydrogen-bond acceptors (Lipinski definition) is 1.